The number of nitrogens with one attached hydrogen (secondary N) is 1. The monoisotopic (exact) mass is 466 g/mol. The Hall–Kier alpha value is -4.10. The van der Waals surface area contributed by atoms with E-state index in [1.54, 1.807) is 0 Å². The molecule has 1 fully saturated rings. The number of pyridine rings is 1. The van der Waals surface area contributed by atoms with Gasteiger partial charge in [0, 0.05) is 72.8 Å². The van der Waals surface area contributed by atoms with Gasteiger partial charge in [-0.15, -0.1) is 6.58 Å². The van der Waals surface area contributed by atoms with E-state index in [1.165, 1.54) is 0 Å². The number of H-pyrrole nitrogens is 1. The lowest BCUT2D eigenvalue weighted by Gasteiger charge is -2.34. The third-order valence-corrected chi connectivity index (χ3v) is 6.71. The minimum absolute atomic E-state index is 0.0680. The lowest BCUT2D eigenvalue weighted by atomic mass is 10.00. The number of benzene rings is 2. The van der Waals surface area contributed by atoms with Crippen LogP contribution in [0.1, 0.15) is 10.4 Å². The van der Waals surface area contributed by atoms with Gasteiger partial charge in [0.1, 0.15) is 5.65 Å². The van der Waals surface area contributed by atoms with Crippen LogP contribution in [0.2, 0.25) is 0 Å². The minimum Gasteiger partial charge on any atom is -0.454 e. The number of carbonyl (C=O) groups excluding carboxylic acids is 1. The molecule has 0 unspecified atom stereocenters. The summed E-state index contributed by atoms with van der Waals surface area (Å²) in [5, 5.41) is 0.987. The molecule has 0 spiro atoms. The zero-order valence-corrected chi connectivity index (χ0v) is 19.4. The average Bonchev–Trinajstić information content (AvgIpc) is 3.56. The fraction of sp³-hybridized carbons (Fsp3) is 0.214. The molecule has 2 aliphatic heterocycles. The van der Waals surface area contributed by atoms with Gasteiger partial charge in [0.25, 0.3) is 5.91 Å². The van der Waals surface area contributed by atoms with Crippen LogP contribution in [0.25, 0.3) is 33.3 Å². The van der Waals surface area contributed by atoms with Gasteiger partial charge in [-0.2, -0.15) is 0 Å². The van der Waals surface area contributed by atoms with Crippen molar-refractivity contribution in [3.63, 3.8) is 0 Å². The first kappa shape index (κ1) is 21.4. The molecule has 2 aliphatic rings. The number of rotatable bonds is 5. The molecule has 35 heavy (non-hydrogen) atoms. The third kappa shape index (κ3) is 3.94. The maximum Gasteiger partial charge on any atom is 0.253 e. The van der Waals surface area contributed by atoms with E-state index in [4.69, 9.17) is 9.47 Å². The van der Waals surface area contributed by atoms with Gasteiger partial charge >= 0.3 is 0 Å². The normalized spacial score (nSPS) is 15.5. The van der Waals surface area contributed by atoms with Crippen LogP contribution >= 0.6 is 0 Å². The number of ether oxygens (including phenoxy) is 2. The second-order valence-corrected chi connectivity index (χ2v) is 8.82. The van der Waals surface area contributed by atoms with Crippen LogP contribution in [0.4, 0.5) is 0 Å². The first-order valence-corrected chi connectivity index (χ1v) is 11.8. The zero-order valence-electron chi connectivity index (χ0n) is 19.4. The summed E-state index contributed by atoms with van der Waals surface area (Å²) in [5.41, 5.74) is 5.37. The number of piperazine rings is 1. The molecule has 1 N–H and O–H groups in total. The van der Waals surface area contributed by atoms with E-state index >= 15 is 0 Å². The number of hydrogen-bond acceptors (Lipinski definition) is 5. The smallest absolute Gasteiger partial charge is 0.253 e. The molecule has 4 heterocycles. The Morgan fingerprint density at radius 1 is 1.03 bits per heavy atom. The summed E-state index contributed by atoms with van der Waals surface area (Å²) in [6.07, 6.45) is 5.70. The fourth-order valence-electron chi connectivity index (χ4n) is 4.86. The van der Waals surface area contributed by atoms with Crippen molar-refractivity contribution >= 4 is 16.9 Å². The molecule has 2 aromatic heterocycles. The van der Waals surface area contributed by atoms with Gasteiger partial charge in [-0.1, -0.05) is 30.3 Å². The highest BCUT2D eigenvalue weighted by Gasteiger charge is 2.23. The number of fused-ring (bicyclic) bond motifs is 2. The van der Waals surface area contributed by atoms with Crippen molar-refractivity contribution in [2.24, 2.45) is 0 Å². The molecule has 0 aliphatic carbocycles. The van der Waals surface area contributed by atoms with Gasteiger partial charge in [-0.3, -0.25) is 9.69 Å². The summed E-state index contributed by atoms with van der Waals surface area (Å²) in [6, 6.07) is 15.8. The van der Waals surface area contributed by atoms with E-state index in [0.29, 0.717) is 5.56 Å². The number of nitrogens with zero attached hydrogens (tertiary/aromatic N) is 3. The van der Waals surface area contributed by atoms with Crippen LogP contribution in [-0.2, 0) is 0 Å². The second kappa shape index (κ2) is 8.92. The Morgan fingerprint density at radius 3 is 2.74 bits per heavy atom. The lowest BCUT2D eigenvalue weighted by Crippen LogP contribution is -2.48. The predicted molar refractivity (Wildman–Crippen MR) is 136 cm³/mol. The van der Waals surface area contributed by atoms with Crippen LogP contribution in [0.15, 0.2) is 73.6 Å². The Morgan fingerprint density at radius 2 is 1.89 bits per heavy atom. The molecule has 0 saturated carbocycles. The van der Waals surface area contributed by atoms with Gasteiger partial charge in [0.2, 0.25) is 6.79 Å². The van der Waals surface area contributed by atoms with Gasteiger partial charge in [0.05, 0.1) is 0 Å². The largest absolute Gasteiger partial charge is 0.454 e. The quantitative estimate of drug-likeness (QED) is 0.437. The summed E-state index contributed by atoms with van der Waals surface area (Å²) in [4.78, 5) is 25.4. The highest BCUT2D eigenvalue weighted by Crippen LogP contribution is 2.43. The van der Waals surface area contributed by atoms with Crippen LogP contribution in [0, 0.1) is 0 Å². The Labute approximate surface area is 203 Å². The Kier molecular flexibility index (Phi) is 5.47. The molecule has 0 atom stereocenters. The van der Waals surface area contributed by atoms with E-state index in [1.807, 2.05) is 65.8 Å². The predicted octanol–water partition coefficient (Wildman–Crippen LogP) is 4.57. The van der Waals surface area contributed by atoms with Crippen LogP contribution in [-0.4, -0.2) is 65.2 Å². The van der Waals surface area contributed by atoms with E-state index in [9.17, 15) is 4.79 Å². The maximum absolute atomic E-state index is 13.2. The first-order chi connectivity index (χ1) is 17.2. The van der Waals surface area contributed by atoms with E-state index < -0.39 is 0 Å². The molecule has 4 aromatic rings. The van der Waals surface area contributed by atoms with Crippen molar-refractivity contribution in [2.45, 2.75) is 0 Å². The molecule has 1 saturated heterocycles. The topological polar surface area (TPSA) is 70.7 Å². The lowest BCUT2D eigenvalue weighted by molar-refractivity contribution is 0.0650. The summed E-state index contributed by atoms with van der Waals surface area (Å²) in [5.74, 6) is 1.57. The van der Waals surface area contributed by atoms with E-state index in [-0.39, 0.29) is 12.7 Å². The first-order valence-electron chi connectivity index (χ1n) is 11.8. The van der Waals surface area contributed by atoms with Crippen molar-refractivity contribution < 1.29 is 14.3 Å². The molecule has 1 amide bonds. The number of amides is 1. The molecule has 6 rings (SSSR count). The SMILES string of the molecule is C=CCN1CCN(C(=O)c2cccc(-c3cnc4[nH]cc(-c5cccc6c5OCO6)c4c3)c2)CC1. The molecular formula is C28H26N4O3. The number of hydrogen-bond donors (Lipinski definition) is 1. The van der Waals surface area contributed by atoms with Gasteiger partial charge in [-0.25, -0.2) is 4.98 Å². The molecule has 176 valence electrons. The highest BCUT2D eigenvalue weighted by atomic mass is 16.7. The van der Waals surface area contributed by atoms with Crippen LogP contribution < -0.4 is 9.47 Å². The van der Waals surface area contributed by atoms with Gasteiger partial charge in [0.15, 0.2) is 11.5 Å². The molecule has 2 aromatic carbocycles. The molecule has 7 nitrogen and oxygen atoms in total. The van der Waals surface area contributed by atoms with Gasteiger partial charge < -0.3 is 19.4 Å². The molecular weight excluding hydrogens is 440 g/mol. The number of aromatic nitrogens is 2. The summed E-state index contributed by atoms with van der Waals surface area (Å²) >= 11 is 0. The van der Waals surface area contributed by atoms with Gasteiger partial charge in [-0.05, 0) is 29.8 Å². The van der Waals surface area contributed by atoms with Crippen molar-refractivity contribution in [2.75, 3.05) is 39.5 Å². The molecule has 7 heteroatoms. The van der Waals surface area contributed by atoms with Crippen molar-refractivity contribution in [3.8, 4) is 33.8 Å². The standard InChI is InChI=1S/C28H26N4O3/c1-2-9-31-10-12-32(13-11-31)28(33)20-6-3-5-19(14-20)21-15-23-24(17-30-27(23)29-16-21)22-7-4-8-25-26(22)35-18-34-25/h2-8,14-17H,1,9-13,18H2,(H,29,30). The highest BCUT2D eigenvalue weighted by molar-refractivity contribution is 5.99. The summed E-state index contributed by atoms with van der Waals surface area (Å²) < 4.78 is 11.3. The van der Waals surface area contributed by atoms with Crippen molar-refractivity contribution in [3.05, 3.63) is 79.1 Å². The van der Waals surface area contributed by atoms with Crippen molar-refractivity contribution in [1.82, 2.24) is 19.8 Å². The fourth-order valence-corrected chi connectivity index (χ4v) is 4.86. The Balaban J connectivity index is 1.30. The number of carbonyl (C=O) groups is 1. The maximum atomic E-state index is 13.2. The summed E-state index contributed by atoms with van der Waals surface area (Å²) in [6.45, 7) is 8.08. The van der Waals surface area contributed by atoms with Crippen LogP contribution in [0.5, 0.6) is 11.5 Å². The third-order valence-electron chi connectivity index (χ3n) is 6.71. The summed E-state index contributed by atoms with van der Waals surface area (Å²) in [7, 11) is 0. The minimum atomic E-state index is 0.0680. The van der Waals surface area contributed by atoms with Crippen LogP contribution in [0.3, 0.4) is 0 Å². The Bertz CT molecular complexity index is 1420. The molecule has 0 radical (unpaired) electrons. The number of aromatic amines is 1. The molecule has 0 bridgehead atoms. The average molecular weight is 467 g/mol. The second-order valence-electron chi connectivity index (χ2n) is 8.82. The number of para-hydroxylation sites is 1. The van der Waals surface area contributed by atoms with E-state index in [0.717, 1.165) is 77.5 Å². The van der Waals surface area contributed by atoms with Crippen molar-refractivity contribution in [1.29, 1.82) is 0 Å². The van der Waals surface area contributed by atoms with E-state index in [2.05, 4.69) is 27.5 Å². The zero-order chi connectivity index (χ0) is 23.8.